The van der Waals surface area contributed by atoms with Crippen molar-refractivity contribution in [3.05, 3.63) is 11.1 Å². The first kappa shape index (κ1) is 24.6. The van der Waals surface area contributed by atoms with E-state index in [4.69, 9.17) is 0 Å². The van der Waals surface area contributed by atoms with E-state index in [2.05, 4.69) is 0 Å². The van der Waals surface area contributed by atoms with E-state index in [1.54, 1.807) is 0 Å². The Morgan fingerprint density at radius 3 is 1.08 bits per heavy atom. The van der Waals surface area contributed by atoms with Crippen molar-refractivity contribution in [1.82, 2.24) is 0 Å². The summed E-state index contributed by atoms with van der Waals surface area (Å²) >= 11 is 0. The zero-order valence-electron chi connectivity index (χ0n) is 14.5. The molecule has 2 saturated carbocycles. The second-order valence-corrected chi connectivity index (χ2v) is 6.41. The van der Waals surface area contributed by atoms with Gasteiger partial charge < -0.3 is 30.0 Å². The normalized spacial score (nSPS) is 31.1. The molecule has 2 fully saturated rings. The van der Waals surface area contributed by atoms with Gasteiger partial charge in [-0.15, -0.1) is 0 Å². The number of carbonyl (C=O) groups excluding carboxylic acids is 2. The molecule has 2 aliphatic carbocycles. The fourth-order valence-electron chi connectivity index (χ4n) is 3.72. The number of aliphatic carboxylic acids is 2. The fourth-order valence-corrected chi connectivity index (χ4v) is 3.72. The van der Waals surface area contributed by atoms with E-state index in [0.29, 0.717) is 51.4 Å². The summed E-state index contributed by atoms with van der Waals surface area (Å²) in [5.41, 5.74) is -0.318. The van der Waals surface area contributed by atoms with Crippen LogP contribution in [0.1, 0.15) is 51.4 Å². The molecule has 2 aliphatic rings. The van der Waals surface area contributed by atoms with E-state index in [1.165, 1.54) is 0 Å². The van der Waals surface area contributed by atoms with E-state index in [1.807, 2.05) is 0 Å². The molecule has 0 aromatic heterocycles. The summed E-state index contributed by atoms with van der Waals surface area (Å²) in [7, 11) is 0. The molecule has 2 rings (SSSR count). The fraction of sp³-hybridized carbons (Fsp3) is 0.750. The SMILES string of the molecule is O=C([O-])/C(=C(\C(=O)[O-])C1CCC(O)CC1)C1CCC(O)CC1.[Na+].[Na+]. The predicted molar refractivity (Wildman–Crippen MR) is 73.0 cm³/mol. The van der Waals surface area contributed by atoms with Crippen LogP contribution in [0.15, 0.2) is 11.1 Å². The number of carboxylic acids is 2. The van der Waals surface area contributed by atoms with Crippen molar-refractivity contribution < 1.29 is 89.1 Å². The first-order chi connectivity index (χ1) is 10.4. The van der Waals surface area contributed by atoms with E-state index in [9.17, 15) is 30.0 Å². The van der Waals surface area contributed by atoms with Gasteiger partial charge in [-0.2, -0.15) is 0 Å². The Morgan fingerprint density at radius 2 is 0.875 bits per heavy atom. The molecular formula is C16H22Na2O6. The Kier molecular flexibility index (Phi) is 11.6. The third-order valence-corrected chi connectivity index (χ3v) is 4.94. The van der Waals surface area contributed by atoms with Gasteiger partial charge in [0.05, 0.1) is 24.1 Å². The van der Waals surface area contributed by atoms with Gasteiger partial charge in [0.15, 0.2) is 0 Å². The van der Waals surface area contributed by atoms with Crippen LogP contribution in [0.25, 0.3) is 0 Å². The van der Waals surface area contributed by atoms with Crippen LogP contribution in [-0.2, 0) is 9.59 Å². The first-order valence-electron chi connectivity index (χ1n) is 7.93. The Labute approximate surface area is 186 Å². The second kappa shape index (κ2) is 11.3. The first-order valence-corrected chi connectivity index (χ1v) is 7.93. The van der Waals surface area contributed by atoms with Crippen molar-refractivity contribution in [1.29, 1.82) is 0 Å². The maximum absolute atomic E-state index is 11.6. The quantitative estimate of drug-likeness (QED) is 0.381. The van der Waals surface area contributed by atoms with E-state index >= 15 is 0 Å². The van der Waals surface area contributed by atoms with Crippen molar-refractivity contribution in [3.63, 3.8) is 0 Å². The van der Waals surface area contributed by atoms with Crippen molar-refractivity contribution >= 4 is 11.9 Å². The Bertz CT molecular complexity index is 421. The molecule has 0 bridgehead atoms. The summed E-state index contributed by atoms with van der Waals surface area (Å²) in [6, 6.07) is 0. The summed E-state index contributed by atoms with van der Waals surface area (Å²) in [6.45, 7) is 0. The Morgan fingerprint density at radius 1 is 0.625 bits per heavy atom. The number of carboxylic acid groups (broad SMARTS) is 2. The van der Waals surface area contributed by atoms with E-state index < -0.39 is 36.0 Å². The molecule has 0 atom stereocenters. The van der Waals surface area contributed by atoms with Crippen LogP contribution >= 0.6 is 0 Å². The Balaban J connectivity index is 0.00000264. The average molecular weight is 356 g/mol. The van der Waals surface area contributed by atoms with Crippen LogP contribution in [0.5, 0.6) is 0 Å². The van der Waals surface area contributed by atoms with Crippen LogP contribution in [0, 0.1) is 11.8 Å². The van der Waals surface area contributed by atoms with Crippen LogP contribution in [0.3, 0.4) is 0 Å². The van der Waals surface area contributed by atoms with Gasteiger partial charge in [-0.3, -0.25) is 0 Å². The van der Waals surface area contributed by atoms with Gasteiger partial charge in [0, 0.05) is 0 Å². The van der Waals surface area contributed by atoms with Gasteiger partial charge in [0.2, 0.25) is 0 Å². The van der Waals surface area contributed by atoms with Crippen molar-refractivity contribution in [2.45, 2.75) is 63.6 Å². The maximum atomic E-state index is 11.6. The molecule has 0 heterocycles. The molecule has 2 N–H and O–H groups in total. The van der Waals surface area contributed by atoms with Gasteiger partial charge in [-0.05, 0) is 74.3 Å². The maximum Gasteiger partial charge on any atom is 1.00 e. The standard InChI is InChI=1S/C16H24O6.2Na/c17-11-5-1-9(2-6-11)13(15(19)20)14(16(21)22)10-3-7-12(18)8-4-10;;/h9-12,17-18H,1-8H2,(H,19,20)(H,21,22);;/q;2*+1/p-2/b14-13-;;. The van der Waals surface area contributed by atoms with Gasteiger partial charge >= 0.3 is 59.1 Å². The summed E-state index contributed by atoms with van der Waals surface area (Å²) in [5.74, 6) is -3.72. The van der Waals surface area contributed by atoms with Crippen LogP contribution in [-0.4, -0.2) is 34.4 Å². The molecule has 124 valence electrons. The molecule has 0 spiro atoms. The molecule has 6 nitrogen and oxygen atoms in total. The number of carbonyl (C=O) groups is 2. The third-order valence-electron chi connectivity index (χ3n) is 4.94. The second-order valence-electron chi connectivity index (χ2n) is 6.41. The summed E-state index contributed by atoms with van der Waals surface area (Å²) in [4.78, 5) is 23.1. The molecular weight excluding hydrogens is 334 g/mol. The van der Waals surface area contributed by atoms with Gasteiger partial charge in [0.1, 0.15) is 0 Å². The number of hydrogen-bond acceptors (Lipinski definition) is 6. The number of hydrogen-bond donors (Lipinski definition) is 2. The van der Waals surface area contributed by atoms with Gasteiger partial charge in [-0.1, -0.05) is 0 Å². The van der Waals surface area contributed by atoms with Crippen LogP contribution in [0.4, 0.5) is 0 Å². The largest absolute Gasteiger partial charge is 1.00 e. The molecule has 24 heavy (non-hydrogen) atoms. The summed E-state index contributed by atoms with van der Waals surface area (Å²) in [6.07, 6.45) is 2.72. The van der Waals surface area contributed by atoms with Crippen LogP contribution in [0.2, 0.25) is 0 Å². The minimum absolute atomic E-state index is 0. The number of aliphatic hydroxyl groups is 2. The molecule has 8 heteroatoms. The molecule has 0 saturated heterocycles. The van der Waals surface area contributed by atoms with Crippen molar-refractivity contribution in [3.8, 4) is 0 Å². The van der Waals surface area contributed by atoms with E-state index in [0.717, 1.165) is 0 Å². The molecule has 0 aromatic carbocycles. The molecule has 0 radical (unpaired) electrons. The third kappa shape index (κ3) is 6.40. The number of aliphatic hydroxyl groups excluding tert-OH is 2. The minimum atomic E-state index is -1.45. The Hall–Kier alpha value is 0.600. The minimum Gasteiger partial charge on any atom is -0.545 e. The van der Waals surface area contributed by atoms with Gasteiger partial charge in [0.25, 0.3) is 0 Å². The zero-order chi connectivity index (χ0) is 16.3. The van der Waals surface area contributed by atoms with Gasteiger partial charge in [-0.25, -0.2) is 0 Å². The smallest absolute Gasteiger partial charge is 0.545 e. The van der Waals surface area contributed by atoms with Crippen molar-refractivity contribution in [2.24, 2.45) is 11.8 Å². The number of rotatable bonds is 4. The van der Waals surface area contributed by atoms with Crippen molar-refractivity contribution in [2.75, 3.05) is 0 Å². The zero-order valence-corrected chi connectivity index (χ0v) is 18.5. The predicted octanol–water partition coefficient (Wildman–Crippen LogP) is -7.11. The van der Waals surface area contributed by atoms with E-state index in [-0.39, 0.29) is 70.3 Å². The molecule has 0 aromatic rings. The molecule has 0 amide bonds. The van der Waals surface area contributed by atoms with Crippen LogP contribution < -0.4 is 69.3 Å². The summed E-state index contributed by atoms with van der Waals surface area (Å²) < 4.78 is 0. The molecule has 0 aliphatic heterocycles. The average Bonchev–Trinajstić information content (AvgIpc) is 2.46. The summed E-state index contributed by atoms with van der Waals surface area (Å²) in [5, 5.41) is 42.2. The monoisotopic (exact) mass is 356 g/mol. The molecule has 0 unspecified atom stereocenters. The topological polar surface area (TPSA) is 121 Å².